The number of aliphatic hydroxyl groups is 7. The number of unbranched alkanes of at least 4 members (excludes halogenated alkanes) is 1. The second-order valence-corrected chi connectivity index (χ2v) is 47.7. The number of alkyl halides is 1. The maximum absolute atomic E-state index is 12.3. The Labute approximate surface area is 622 Å². The first-order valence-electron chi connectivity index (χ1n) is 35.5. The normalized spacial score (nSPS) is 26.2. The van der Waals surface area contributed by atoms with Crippen LogP contribution in [0.2, 0.25) is 0 Å². The molecule has 0 aromatic carbocycles. The third-order valence-electron chi connectivity index (χ3n) is 18.1. The summed E-state index contributed by atoms with van der Waals surface area (Å²) in [7, 11) is 1.52. The first-order chi connectivity index (χ1) is 49.8. The van der Waals surface area contributed by atoms with Crippen molar-refractivity contribution in [2.75, 3.05) is 116 Å². The van der Waals surface area contributed by atoms with Crippen molar-refractivity contribution >= 4 is 121 Å². The Balaban J connectivity index is 0.000000164. The Bertz CT molecular complexity index is 4560. The molecule has 0 amide bonds. The lowest BCUT2D eigenvalue weighted by Crippen LogP contribution is -2.32. The van der Waals surface area contributed by atoms with Gasteiger partial charge in [0.2, 0.25) is 29.5 Å². The van der Waals surface area contributed by atoms with Crippen molar-refractivity contribution < 1.29 is 68.9 Å². The maximum atomic E-state index is 12.3. The number of hydrogen-bond acceptors (Lipinski definition) is 28. The number of aliphatic hydroxyl groups excluding tert-OH is 7. The van der Waals surface area contributed by atoms with Crippen LogP contribution in [0.3, 0.4) is 0 Å². The van der Waals surface area contributed by atoms with E-state index in [-0.39, 0.29) is 23.1 Å². The molecule has 38 heteroatoms. The number of anilines is 2. The van der Waals surface area contributed by atoms with Gasteiger partial charge in [0.15, 0.2) is 69.6 Å². The van der Waals surface area contributed by atoms with Gasteiger partial charge in [0.25, 0.3) is 5.56 Å². The molecular formula is C68H109ClN18O15P4. The van der Waals surface area contributed by atoms with Crippen molar-refractivity contribution in [2.24, 2.45) is 0 Å². The number of aromatic nitrogens is 16. The SMILES string of the molecule is C=P(C)(C)CC[C@H]1O[C@@H](n2cnc3c(=O)[nH]c(NCCCC)nc32)[C@H](O)[C@@H]1O.C=P(C)(C)CC[C@H]1O[C@@H](n2cnc3c(OC)nc(C)nc32)[C@H](O)[C@@H]1O.C=P(C)(C)CC[C@H]1O[C@@H](n2cnc3c(OCC)nc(C)nc32)[C@H](Cl)[C@@H]1O.C=P(C)(C)CC[C@H]1O[C@@H](n2cnc3c(OCCC)nc(N)nc32)[C@H](O)[C@@H]1O. The average molecular weight is 1580 g/mol. The molecule has 16 atom stereocenters. The van der Waals surface area contributed by atoms with E-state index in [9.17, 15) is 40.5 Å². The minimum absolute atomic E-state index is 0.0449. The van der Waals surface area contributed by atoms with Gasteiger partial charge in [-0.25, -0.2) is 29.9 Å². The Kier molecular flexibility index (Phi) is 28.1. The van der Waals surface area contributed by atoms with E-state index < -0.39 is 119 Å². The fraction of sp³-hybridized carbons (Fsp3) is 0.647. The van der Waals surface area contributed by atoms with Gasteiger partial charge in [0, 0.05) is 6.54 Å². The van der Waals surface area contributed by atoms with Gasteiger partial charge in [-0.05, 0) is 137 Å². The second kappa shape index (κ2) is 35.4. The smallest absolute Gasteiger partial charge is 0.280 e. The summed E-state index contributed by atoms with van der Waals surface area (Å²) >= 11 is 6.50. The topological polar surface area (TPSA) is 439 Å². The molecule has 106 heavy (non-hydrogen) atoms. The summed E-state index contributed by atoms with van der Waals surface area (Å²) in [5.41, 5.74) is 8.91. The molecule has 4 aliphatic rings. The van der Waals surface area contributed by atoms with Crippen LogP contribution in [-0.4, -0.2) is 316 Å². The van der Waals surface area contributed by atoms with Crippen LogP contribution in [0.4, 0.5) is 11.9 Å². The molecular weight excluding hydrogens is 1470 g/mol. The van der Waals surface area contributed by atoms with Crippen molar-refractivity contribution in [3.05, 3.63) is 47.3 Å². The zero-order valence-electron chi connectivity index (χ0n) is 63.1. The van der Waals surface area contributed by atoms with Crippen LogP contribution < -0.4 is 30.8 Å². The summed E-state index contributed by atoms with van der Waals surface area (Å²) in [5, 5.41) is 75.8. The van der Waals surface area contributed by atoms with Crippen molar-refractivity contribution in [2.45, 2.75) is 177 Å². The fourth-order valence-corrected chi connectivity index (χ4v) is 16.5. The number of nitrogens with one attached hydrogen (secondary N) is 2. The highest BCUT2D eigenvalue weighted by molar-refractivity contribution is 7.73. The molecule has 0 aliphatic carbocycles. The van der Waals surface area contributed by atoms with Crippen LogP contribution >= 0.6 is 39.1 Å². The molecule has 4 saturated heterocycles. The zero-order valence-corrected chi connectivity index (χ0v) is 67.5. The lowest BCUT2D eigenvalue weighted by atomic mass is 10.1. The van der Waals surface area contributed by atoms with Crippen LogP contribution in [0.25, 0.3) is 44.7 Å². The van der Waals surface area contributed by atoms with Gasteiger partial charge in [-0.1, -0.05) is 20.3 Å². The molecule has 0 bridgehead atoms. The van der Waals surface area contributed by atoms with Gasteiger partial charge in [-0.15, -0.1) is 64.3 Å². The Morgan fingerprint density at radius 2 is 0.877 bits per heavy atom. The maximum Gasteiger partial charge on any atom is 0.280 e. The number of rotatable bonds is 26. The molecule has 0 unspecified atom stereocenters. The molecule has 8 aromatic heterocycles. The summed E-state index contributed by atoms with van der Waals surface area (Å²) in [4.78, 5) is 62.2. The van der Waals surface area contributed by atoms with Gasteiger partial charge in [-0.3, -0.25) is 28.0 Å². The van der Waals surface area contributed by atoms with Crippen LogP contribution in [0, 0.1) is 13.8 Å². The van der Waals surface area contributed by atoms with Gasteiger partial charge < -0.3 is 80.0 Å². The number of imidazole rings is 4. The number of nitrogen functional groups attached to an aromatic ring is 1. The number of methoxy groups -OCH3 is 1. The first-order valence-corrected chi connectivity index (χ1v) is 48.1. The lowest BCUT2D eigenvalue weighted by molar-refractivity contribution is -0.0353. The number of H-pyrrole nitrogens is 1. The number of nitrogens with zero attached hydrogens (tertiary/aromatic N) is 15. The van der Waals surface area contributed by atoms with E-state index in [1.807, 2.05) is 13.8 Å². The summed E-state index contributed by atoms with van der Waals surface area (Å²) in [6.07, 6.45) is 20.1. The third-order valence-corrected chi connectivity index (χ3v) is 24.4. The molecule has 0 spiro atoms. The highest BCUT2D eigenvalue weighted by Crippen LogP contribution is 2.45. The standard InChI is InChI=1S/C18H30N5O4P.C17H26ClN4O3P.C17H28N5O4P.C16H25N4O4P/c1-5-6-8-19-18-21-15-12(16(26)22-18)20-10-23(15)17-14(25)13(24)11(27-17)7-9-28(2,3)4;1-6-24-16-13-15(20-10(2)21-16)22(9-19-13)17-12(18)14(23)11(25-17)7-8-26(3,4)5;1-5-7-25-15-11-14(20-17(18)21-15)22(9-19-11)16-13(24)12(23)10(26-16)6-8-27(2,3)4;1-9-18-14-11(15(19-9)23-2)17-8-20(14)16-13(22)12(21)10(24-16)6-7-25(3,4)5/h10-11,13-14,17,24-25H,2,5-9H2,1,3-4H3,(H2,19,21,22,26);9,11-12,14,17,23H,3,6-8H2,1-2,4-5H3;9-10,12-13,16,23-24H,2,5-8H2,1,3-4H3,(H2,18,20,21);8,10,12-13,16,21-22H,3,6-7H2,1-2,4-5H3/t11-,13-,14-,17-;11-,12-,14-,17-;2*10-,12-,13-,16-/m1111/s1. The highest BCUT2D eigenvalue weighted by atomic mass is 35.5. The van der Waals surface area contributed by atoms with E-state index in [0.717, 1.165) is 50.3 Å². The summed E-state index contributed by atoms with van der Waals surface area (Å²) in [6, 6.07) is 0. The van der Waals surface area contributed by atoms with Gasteiger partial charge in [0.1, 0.15) is 59.8 Å². The van der Waals surface area contributed by atoms with Gasteiger partial charge in [0.05, 0.1) is 70.0 Å². The van der Waals surface area contributed by atoms with Crippen molar-refractivity contribution in [3.63, 3.8) is 0 Å². The number of hydrogen-bond donors (Lipinski definition) is 10. The molecule has 8 aromatic rings. The van der Waals surface area contributed by atoms with E-state index in [0.29, 0.717) is 113 Å². The van der Waals surface area contributed by atoms with E-state index in [1.54, 1.807) is 33.9 Å². The van der Waals surface area contributed by atoms with Crippen LogP contribution in [0.5, 0.6) is 17.6 Å². The van der Waals surface area contributed by atoms with Crippen molar-refractivity contribution in [1.29, 1.82) is 0 Å². The van der Waals surface area contributed by atoms with E-state index in [4.69, 9.17) is 50.5 Å². The van der Waals surface area contributed by atoms with E-state index >= 15 is 0 Å². The minimum Gasteiger partial charge on any atom is -0.479 e. The number of aryl methyl sites for hydroxylation is 2. The predicted molar refractivity (Wildman–Crippen MR) is 424 cm³/mol. The van der Waals surface area contributed by atoms with Crippen molar-refractivity contribution in [1.82, 2.24) is 78.1 Å². The number of aromatic amines is 1. The largest absolute Gasteiger partial charge is 0.479 e. The molecule has 588 valence electrons. The highest BCUT2D eigenvalue weighted by Gasteiger charge is 2.48. The minimum atomic E-state index is -1.27. The molecule has 11 N–H and O–H groups in total. The van der Waals surface area contributed by atoms with E-state index in [2.05, 4.69) is 151 Å². The van der Waals surface area contributed by atoms with E-state index in [1.165, 1.54) is 30.7 Å². The third kappa shape index (κ3) is 20.5. The number of ether oxygens (including phenoxy) is 7. The molecule has 33 nitrogen and oxygen atoms in total. The van der Waals surface area contributed by atoms with Crippen LogP contribution in [0.15, 0.2) is 30.1 Å². The summed E-state index contributed by atoms with van der Waals surface area (Å²) in [6.45, 7) is 23.3. The summed E-state index contributed by atoms with van der Waals surface area (Å²) in [5.74, 6) is 2.61. The molecule has 0 radical (unpaired) electrons. The Hall–Kier alpha value is -5.95. The monoisotopic (exact) mass is 1580 g/mol. The van der Waals surface area contributed by atoms with Gasteiger partial charge in [-0.2, -0.15) is 24.9 Å². The molecule has 4 aliphatic heterocycles. The van der Waals surface area contributed by atoms with Crippen LogP contribution in [-0.2, 0) is 18.9 Å². The quantitative estimate of drug-likeness (QED) is 0.0186. The molecule has 4 fully saturated rings. The van der Waals surface area contributed by atoms with Crippen molar-refractivity contribution in [3.8, 4) is 17.6 Å². The first kappa shape index (κ1) is 84.1. The fourth-order valence-electron chi connectivity index (χ4n) is 12.4. The number of halogens is 1. The Morgan fingerprint density at radius 3 is 1.28 bits per heavy atom. The number of fused-ring (bicyclic) bond motifs is 4. The molecule has 12 heterocycles. The molecule has 0 saturated carbocycles. The average Bonchev–Trinajstić information content (AvgIpc) is 1.63. The lowest BCUT2D eigenvalue weighted by Gasteiger charge is -2.19. The van der Waals surface area contributed by atoms with Crippen LogP contribution in [0.1, 0.15) is 102 Å². The number of nitrogens with two attached hydrogens (primary N) is 1. The predicted octanol–water partition coefficient (Wildman–Crippen LogP) is 5.33. The zero-order chi connectivity index (χ0) is 77.7. The Morgan fingerprint density at radius 1 is 0.509 bits per heavy atom. The van der Waals surface area contributed by atoms with Gasteiger partial charge >= 0.3 is 0 Å². The summed E-state index contributed by atoms with van der Waals surface area (Å²) < 4.78 is 46.9. The second-order valence-electron chi connectivity index (χ2n) is 29.9. The molecule has 12 rings (SSSR count).